The monoisotopic (exact) mass is 563 g/mol. The Kier molecular flexibility index (Phi) is 7.28. The van der Waals surface area contributed by atoms with Gasteiger partial charge in [-0.2, -0.15) is 27.2 Å². The molecule has 2 fully saturated rings. The van der Waals surface area contributed by atoms with Crippen molar-refractivity contribution >= 4 is 5.78 Å². The van der Waals surface area contributed by atoms with Gasteiger partial charge in [0.15, 0.2) is 5.78 Å². The van der Waals surface area contributed by atoms with Crippen LogP contribution in [-0.2, 0) is 16.0 Å². The lowest BCUT2D eigenvalue weighted by Crippen LogP contribution is -2.65. The quantitative estimate of drug-likeness (QED) is 0.379. The molecule has 0 heterocycles. The largest absolute Gasteiger partial charge is 0.456 e. The van der Waals surface area contributed by atoms with Crippen LogP contribution >= 0.6 is 0 Å². The van der Waals surface area contributed by atoms with Crippen LogP contribution in [0, 0.1) is 28.6 Å². The second-order valence-electron chi connectivity index (χ2n) is 12.2. The fraction of sp³-hybridized carbons (Fsp3) is 0.613. The van der Waals surface area contributed by atoms with Gasteiger partial charge >= 0.3 is 12.1 Å². The van der Waals surface area contributed by atoms with Crippen LogP contribution in [0.5, 0.6) is 0 Å². The zero-order valence-electron chi connectivity index (χ0n) is 22.7. The van der Waals surface area contributed by atoms with Gasteiger partial charge in [0.05, 0.1) is 12.2 Å². The minimum Gasteiger partial charge on any atom is -0.383 e. The summed E-state index contributed by atoms with van der Waals surface area (Å²) in [5, 5.41) is 20.1. The number of benzene rings is 1. The van der Waals surface area contributed by atoms with Crippen LogP contribution in [0.1, 0.15) is 75.8 Å². The van der Waals surface area contributed by atoms with E-state index in [-0.39, 0.29) is 37.3 Å². The maximum absolute atomic E-state index is 15.1. The van der Waals surface area contributed by atoms with Crippen LogP contribution < -0.4 is 0 Å². The number of ketones is 1. The van der Waals surface area contributed by atoms with Crippen molar-refractivity contribution in [1.29, 1.82) is 5.26 Å². The fourth-order valence-corrected chi connectivity index (χ4v) is 8.17. The predicted molar refractivity (Wildman–Crippen MR) is 137 cm³/mol. The molecule has 40 heavy (non-hydrogen) atoms. The second-order valence-corrected chi connectivity index (χ2v) is 12.2. The van der Waals surface area contributed by atoms with Crippen molar-refractivity contribution in [3.8, 4) is 6.07 Å². The number of halogens is 5. The number of nitrogens with zero attached hydrogens (tertiary/aromatic N) is 1. The van der Waals surface area contributed by atoms with Crippen LogP contribution in [0.15, 0.2) is 47.1 Å². The van der Waals surface area contributed by atoms with Gasteiger partial charge in [0.1, 0.15) is 12.2 Å². The van der Waals surface area contributed by atoms with Crippen LogP contribution in [0.3, 0.4) is 0 Å². The highest BCUT2D eigenvalue weighted by atomic mass is 19.4. The number of carbonyl (C=O) groups excluding carboxylic acids is 1. The molecule has 0 saturated heterocycles. The van der Waals surface area contributed by atoms with E-state index in [4.69, 9.17) is 10.00 Å². The van der Waals surface area contributed by atoms with Gasteiger partial charge in [0.25, 0.3) is 0 Å². The number of fused-ring (bicyclic) bond motifs is 4. The zero-order valence-corrected chi connectivity index (χ0v) is 22.7. The van der Waals surface area contributed by atoms with Crippen molar-refractivity contribution in [2.24, 2.45) is 17.3 Å². The van der Waals surface area contributed by atoms with Crippen molar-refractivity contribution in [3.05, 3.63) is 58.2 Å². The Balaban J connectivity index is 1.58. The molecule has 2 saturated carbocycles. The van der Waals surface area contributed by atoms with E-state index in [9.17, 15) is 23.1 Å². The normalized spacial score (nSPS) is 33.0. The van der Waals surface area contributed by atoms with Gasteiger partial charge in [0, 0.05) is 17.8 Å². The molecule has 0 radical (unpaired) electrons. The number of alkyl halides is 5. The lowest BCUT2D eigenvalue weighted by Gasteiger charge is -2.56. The van der Waals surface area contributed by atoms with Gasteiger partial charge in [-0.15, -0.1) is 0 Å². The standard InChI is InChI=1S/C31H34F5NO3/c1-18(40-14-13-37)15-19-3-5-20(6-4-19)25-17-28(2)26(11-12-29(28,39)30(32,33)31(34,35)36)24-9-7-21-16-22(38)8-10-23(21)27(24)25/h3-6,16,18,24-26,39H,7-12,14-15,17H2,1-2H3/t18?,24-,25+,26-,28-,29-/m0/s1. The summed E-state index contributed by atoms with van der Waals surface area (Å²) in [6.45, 7) is 3.26. The van der Waals surface area contributed by atoms with E-state index in [2.05, 4.69) is 0 Å². The maximum Gasteiger partial charge on any atom is 0.456 e. The highest BCUT2D eigenvalue weighted by molar-refractivity contribution is 5.93. The SMILES string of the molecule is CC(Cc1ccc([C@H]2C[C@@]3(C)[C@@H](CC[C@@]3(O)C(F)(F)C(F)(F)F)[C@@H]3CCC4=CC(=O)CCC4=C32)cc1)OCC#N. The average molecular weight is 564 g/mol. The molecule has 0 aromatic heterocycles. The van der Waals surface area contributed by atoms with Crippen molar-refractivity contribution in [2.45, 2.75) is 94.9 Å². The number of allylic oxidation sites excluding steroid dienone is 4. The number of aliphatic hydroxyl groups is 1. The zero-order chi connectivity index (χ0) is 29.1. The van der Waals surface area contributed by atoms with Crippen molar-refractivity contribution in [3.63, 3.8) is 0 Å². The number of carbonyl (C=O) groups is 1. The Morgan fingerprint density at radius 3 is 2.48 bits per heavy atom. The second kappa shape index (κ2) is 10.1. The molecule has 0 aliphatic heterocycles. The van der Waals surface area contributed by atoms with E-state index >= 15 is 8.78 Å². The van der Waals surface area contributed by atoms with E-state index in [0.717, 1.165) is 27.8 Å². The van der Waals surface area contributed by atoms with Crippen LogP contribution in [0.25, 0.3) is 0 Å². The molecule has 4 aliphatic rings. The Hall–Kier alpha value is -2.57. The first-order valence-electron chi connectivity index (χ1n) is 13.9. The first kappa shape index (κ1) is 28.9. The lowest BCUT2D eigenvalue weighted by molar-refractivity contribution is -0.362. The molecule has 4 nitrogen and oxygen atoms in total. The maximum atomic E-state index is 15.1. The molecule has 1 aromatic rings. The molecule has 0 amide bonds. The third-order valence-electron chi connectivity index (χ3n) is 10.1. The average Bonchev–Trinajstić information content (AvgIpc) is 3.18. The Morgan fingerprint density at radius 1 is 1.12 bits per heavy atom. The molecule has 1 aromatic carbocycles. The van der Waals surface area contributed by atoms with Crippen LogP contribution in [0.2, 0.25) is 0 Å². The Labute approximate surface area is 230 Å². The summed E-state index contributed by atoms with van der Waals surface area (Å²) in [4.78, 5) is 12.2. The summed E-state index contributed by atoms with van der Waals surface area (Å²) in [6, 6.07) is 9.49. The van der Waals surface area contributed by atoms with Crippen molar-refractivity contribution in [2.75, 3.05) is 6.61 Å². The van der Waals surface area contributed by atoms with E-state index in [1.54, 1.807) is 6.08 Å². The van der Waals surface area contributed by atoms with Gasteiger partial charge in [-0.25, -0.2) is 0 Å². The van der Waals surface area contributed by atoms with E-state index in [1.165, 1.54) is 6.92 Å². The smallest absolute Gasteiger partial charge is 0.383 e. The minimum absolute atomic E-state index is 0.0246. The molecule has 9 heteroatoms. The third-order valence-corrected chi connectivity index (χ3v) is 10.1. The molecule has 5 rings (SSSR count). The number of rotatable bonds is 6. The van der Waals surface area contributed by atoms with Gasteiger partial charge in [-0.05, 0) is 92.1 Å². The van der Waals surface area contributed by atoms with E-state index in [0.29, 0.717) is 32.1 Å². The molecule has 0 bridgehead atoms. The van der Waals surface area contributed by atoms with Crippen LogP contribution in [-0.4, -0.2) is 41.3 Å². The summed E-state index contributed by atoms with van der Waals surface area (Å²) in [5.41, 5.74) is -0.112. The highest BCUT2D eigenvalue weighted by Gasteiger charge is 2.79. The van der Waals surface area contributed by atoms with Crippen LogP contribution in [0.4, 0.5) is 22.0 Å². The Bertz CT molecular complexity index is 1280. The molecular weight excluding hydrogens is 529 g/mol. The number of ether oxygens (including phenoxy) is 1. The fourth-order valence-electron chi connectivity index (χ4n) is 8.17. The molecular formula is C31H34F5NO3. The molecule has 4 aliphatic carbocycles. The van der Waals surface area contributed by atoms with Gasteiger partial charge in [-0.3, -0.25) is 4.79 Å². The summed E-state index contributed by atoms with van der Waals surface area (Å²) >= 11 is 0. The van der Waals surface area contributed by atoms with E-state index in [1.807, 2.05) is 37.3 Å². The molecule has 1 N–H and O–H groups in total. The number of hydrogen-bond acceptors (Lipinski definition) is 4. The van der Waals surface area contributed by atoms with Gasteiger partial charge in [0.2, 0.25) is 0 Å². The first-order valence-corrected chi connectivity index (χ1v) is 13.9. The van der Waals surface area contributed by atoms with E-state index < -0.39 is 41.4 Å². The highest BCUT2D eigenvalue weighted by Crippen LogP contribution is 2.70. The summed E-state index contributed by atoms with van der Waals surface area (Å²) in [5.74, 6) is -6.44. The van der Waals surface area contributed by atoms with Crippen molar-refractivity contribution < 1.29 is 36.6 Å². The number of nitriles is 1. The molecule has 6 atom stereocenters. The van der Waals surface area contributed by atoms with Crippen molar-refractivity contribution in [1.82, 2.24) is 0 Å². The Morgan fingerprint density at radius 2 is 1.82 bits per heavy atom. The lowest BCUT2D eigenvalue weighted by atomic mass is 9.50. The number of hydrogen-bond donors (Lipinski definition) is 1. The summed E-state index contributed by atoms with van der Waals surface area (Å²) in [7, 11) is 0. The topological polar surface area (TPSA) is 70.3 Å². The summed E-state index contributed by atoms with van der Waals surface area (Å²) in [6.07, 6.45) is -2.42. The third kappa shape index (κ3) is 4.42. The molecule has 216 valence electrons. The van der Waals surface area contributed by atoms with Gasteiger partial charge < -0.3 is 9.84 Å². The first-order chi connectivity index (χ1) is 18.7. The minimum atomic E-state index is -5.87. The summed E-state index contributed by atoms with van der Waals surface area (Å²) < 4.78 is 76.8. The molecule has 1 unspecified atom stereocenters. The molecule has 0 spiro atoms. The predicted octanol–water partition coefficient (Wildman–Crippen LogP) is 6.99. The van der Waals surface area contributed by atoms with Gasteiger partial charge in [-0.1, -0.05) is 36.8 Å².